The van der Waals surface area contributed by atoms with E-state index in [0.29, 0.717) is 11.8 Å². The van der Waals surface area contributed by atoms with Gasteiger partial charge in [0.05, 0.1) is 0 Å². The third-order valence-electron chi connectivity index (χ3n) is 3.02. The summed E-state index contributed by atoms with van der Waals surface area (Å²) in [6.07, 6.45) is 0. The molecule has 3 heteroatoms. The molecule has 0 amide bonds. The fraction of sp³-hybridized carbons (Fsp3) is 0.300. The van der Waals surface area contributed by atoms with Crippen LogP contribution in [0.15, 0.2) is 52.9 Å². The number of benzene rings is 2. The van der Waals surface area contributed by atoms with Gasteiger partial charge in [0.2, 0.25) is 11.8 Å². The number of hydrogen-bond donors (Lipinski definition) is 0. The normalized spacial score (nSPS) is 9.30. The molecule has 1 heterocycles. The predicted molar refractivity (Wildman–Crippen MR) is 97.3 cm³/mol. The summed E-state index contributed by atoms with van der Waals surface area (Å²) in [6.45, 7) is 12.1. The zero-order valence-corrected chi connectivity index (χ0v) is 14.9. The van der Waals surface area contributed by atoms with E-state index >= 15 is 0 Å². The molecule has 0 atom stereocenters. The molecule has 3 rings (SSSR count). The van der Waals surface area contributed by atoms with E-state index in [9.17, 15) is 0 Å². The highest BCUT2D eigenvalue weighted by Crippen LogP contribution is 2.24. The summed E-state index contributed by atoms with van der Waals surface area (Å²) in [6, 6.07) is 16.1. The van der Waals surface area contributed by atoms with Crippen molar-refractivity contribution in [2.75, 3.05) is 0 Å². The lowest BCUT2D eigenvalue weighted by Gasteiger charge is -1.96. The van der Waals surface area contributed by atoms with Crippen LogP contribution in [0.2, 0.25) is 0 Å². The lowest BCUT2D eigenvalue weighted by molar-refractivity contribution is 0.584. The van der Waals surface area contributed by atoms with Gasteiger partial charge in [-0.1, -0.05) is 63.1 Å². The van der Waals surface area contributed by atoms with Crippen molar-refractivity contribution in [1.82, 2.24) is 10.2 Å². The Labute approximate surface area is 139 Å². The van der Waals surface area contributed by atoms with Gasteiger partial charge in [0.15, 0.2) is 0 Å². The highest BCUT2D eigenvalue weighted by atomic mass is 16.4. The smallest absolute Gasteiger partial charge is 0.248 e. The molecule has 0 saturated carbocycles. The van der Waals surface area contributed by atoms with Gasteiger partial charge >= 0.3 is 0 Å². The van der Waals surface area contributed by atoms with Crippen LogP contribution in [0.4, 0.5) is 0 Å². The van der Waals surface area contributed by atoms with Gasteiger partial charge in [-0.2, -0.15) is 0 Å². The van der Waals surface area contributed by atoms with Crippen LogP contribution in [0, 0.1) is 13.8 Å². The predicted octanol–water partition coefficient (Wildman–Crippen LogP) is 6.07. The number of aromatic nitrogens is 2. The number of rotatable bonds is 2. The van der Waals surface area contributed by atoms with E-state index in [2.05, 4.69) is 24.0 Å². The zero-order valence-electron chi connectivity index (χ0n) is 14.9. The van der Waals surface area contributed by atoms with Crippen LogP contribution in [-0.4, -0.2) is 10.2 Å². The minimum Gasteiger partial charge on any atom is -0.416 e. The van der Waals surface area contributed by atoms with Gasteiger partial charge in [-0.25, -0.2) is 0 Å². The Morgan fingerprint density at radius 3 is 1.17 bits per heavy atom. The van der Waals surface area contributed by atoms with Crippen molar-refractivity contribution < 1.29 is 4.42 Å². The molecule has 122 valence electrons. The van der Waals surface area contributed by atoms with Crippen LogP contribution in [-0.2, 0) is 0 Å². The van der Waals surface area contributed by atoms with Crippen molar-refractivity contribution in [3.63, 3.8) is 0 Å². The van der Waals surface area contributed by atoms with Crippen LogP contribution < -0.4 is 0 Å². The number of nitrogens with zero attached hydrogens (tertiary/aromatic N) is 2. The summed E-state index contributed by atoms with van der Waals surface area (Å²) in [7, 11) is 0. The molecular formula is C20H26N2O. The Bertz CT molecular complexity index is 622. The van der Waals surface area contributed by atoms with E-state index in [-0.39, 0.29) is 0 Å². The maximum absolute atomic E-state index is 5.71. The first-order valence-corrected chi connectivity index (χ1v) is 8.20. The highest BCUT2D eigenvalue weighted by molar-refractivity contribution is 5.58. The first-order chi connectivity index (χ1) is 11.2. The maximum atomic E-state index is 5.71. The Morgan fingerprint density at radius 1 is 0.565 bits per heavy atom. The molecule has 0 bridgehead atoms. The first-order valence-electron chi connectivity index (χ1n) is 8.20. The molecule has 0 fully saturated rings. The van der Waals surface area contributed by atoms with Crippen LogP contribution >= 0.6 is 0 Å². The van der Waals surface area contributed by atoms with Crippen molar-refractivity contribution in [2.45, 2.75) is 41.5 Å². The van der Waals surface area contributed by atoms with Crippen molar-refractivity contribution in [2.24, 2.45) is 0 Å². The van der Waals surface area contributed by atoms with Gasteiger partial charge in [0, 0.05) is 11.1 Å². The Kier molecular flexibility index (Phi) is 7.75. The van der Waals surface area contributed by atoms with Crippen molar-refractivity contribution in [3.05, 3.63) is 59.7 Å². The fourth-order valence-electron chi connectivity index (χ4n) is 1.85. The Morgan fingerprint density at radius 2 is 0.870 bits per heavy atom. The Balaban J connectivity index is 0.000000615. The van der Waals surface area contributed by atoms with Crippen LogP contribution in [0.1, 0.15) is 38.8 Å². The SMILES string of the molecule is CC.CC.Cc1ccc(-c2nnc(-c3ccc(C)cc3)o2)cc1. The topological polar surface area (TPSA) is 38.9 Å². The molecule has 1 aromatic heterocycles. The molecule has 0 aliphatic heterocycles. The standard InChI is InChI=1S/C16H14N2O.2C2H6/c1-11-3-7-13(8-4-11)15-17-18-16(19-15)14-9-5-12(2)6-10-14;2*1-2/h3-10H,1-2H3;2*1-2H3. The lowest BCUT2D eigenvalue weighted by atomic mass is 10.1. The monoisotopic (exact) mass is 310 g/mol. The first kappa shape index (κ1) is 18.6. The van der Waals surface area contributed by atoms with Gasteiger partial charge in [0.25, 0.3) is 0 Å². The second-order valence-electron chi connectivity index (χ2n) is 4.64. The summed E-state index contributed by atoms with van der Waals surface area (Å²) in [5, 5.41) is 8.20. The molecule has 0 radical (unpaired) electrons. The lowest BCUT2D eigenvalue weighted by Crippen LogP contribution is -1.78. The van der Waals surface area contributed by atoms with Crippen LogP contribution in [0.3, 0.4) is 0 Å². The molecule has 0 aliphatic rings. The third kappa shape index (κ3) is 5.06. The number of aryl methyl sites for hydroxylation is 2. The van der Waals surface area contributed by atoms with E-state index < -0.39 is 0 Å². The largest absolute Gasteiger partial charge is 0.416 e. The quantitative estimate of drug-likeness (QED) is 0.576. The number of hydrogen-bond acceptors (Lipinski definition) is 3. The highest BCUT2D eigenvalue weighted by Gasteiger charge is 2.09. The van der Waals surface area contributed by atoms with E-state index in [0.717, 1.165) is 11.1 Å². The molecule has 3 aromatic rings. The molecule has 0 saturated heterocycles. The average molecular weight is 310 g/mol. The van der Waals surface area contributed by atoms with Gasteiger partial charge in [-0.05, 0) is 38.1 Å². The van der Waals surface area contributed by atoms with E-state index in [4.69, 9.17) is 4.42 Å². The summed E-state index contributed by atoms with van der Waals surface area (Å²) in [5.41, 5.74) is 4.30. The van der Waals surface area contributed by atoms with Crippen LogP contribution in [0.25, 0.3) is 22.9 Å². The van der Waals surface area contributed by atoms with E-state index in [1.807, 2.05) is 76.2 Å². The molecule has 0 unspecified atom stereocenters. The summed E-state index contributed by atoms with van der Waals surface area (Å²) in [5.74, 6) is 1.10. The molecule has 0 aliphatic carbocycles. The molecule has 23 heavy (non-hydrogen) atoms. The molecular weight excluding hydrogens is 284 g/mol. The molecule has 2 aromatic carbocycles. The summed E-state index contributed by atoms with van der Waals surface area (Å²) < 4.78 is 5.71. The van der Waals surface area contributed by atoms with Gasteiger partial charge in [-0.15, -0.1) is 10.2 Å². The van der Waals surface area contributed by atoms with Crippen molar-refractivity contribution in [3.8, 4) is 22.9 Å². The van der Waals surface area contributed by atoms with E-state index in [1.165, 1.54) is 11.1 Å². The summed E-state index contributed by atoms with van der Waals surface area (Å²) in [4.78, 5) is 0. The minimum atomic E-state index is 0.551. The van der Waals surface area contributed by atoms with E-state index in [1.54, 1.807) is 0 Å². The molecule has 3 nitrogen and oxygen atoms in total. The maximum Gasteiger partial charge on any atom is 0.248 e. The van der Waals surface area contributed by atoms with Crippen molar-refractivity contribution in [1.29, 1.82) is 0 Å². The molecule has 0 N–H and O–H groups in total. The van der Waals surface area contributed by atoms with Crippen molar-refractivity contribution >= 4 is 0 Å². The van der Waals surface area contributed by atoms with Gasteiger partial charge < -0.3 is 4.42 Å². The second kappa shape index (κ2) is 9.57. The Hall–Kier alpha value is -2.42. The zero-order chi connectivity index (χ0) is 17.2. The van der Waals surface area contributed by atoms with Gasteiger partial charge in [-0.3, -0.25) is 0 Å². The minimum absolute atomic E-state index is 0.551. The third-order valence-corrected chi connectivity index (χ3v) is 3.02. The summed E-state index contributed by atoms with van der Waals surface area (Å²) >= 11 is 0. The van der Waals surface area contributed by atoms with Crippen LogP contribution in [0.5, 0.6) is 0 Å². The average Bonchev–Trinajstić information content (AvgIpc) is 3.10. The second-order valence-corrected chi connectivity index (χ2v) is 4.64. The van der Waals surface area contributed by atoms with Gasteiger partial charge in [0.1, 0.15) is 0 Å². The fourth-order valence-corrected chi connectivity index (χ4v) is 1.85. The molecule has 0 spiro atoms.